The van der Waals surface area contributed by atoms with Crippen LogP contribution >= 0.6 is 0 Å². The van der Waals surface area contributed by atoms with Crippen molar-refractivity contribution in [2.75, 3.05) is 0 Å². The van der Waals surface area contributed by atoms with Gasteiger partial charge in [-0.3, -0.25) is 4.99 Å². The molecule has 36 heavy (non-hydrogen) atoms. The summed E-state index contributed by atoms with van der Waals surface area (Å²) in [4.78, 5) is 5.12. The predicted molar refractivity (Wildman–Crippen MR) is 168 cm³/mol. The summed E-state index contributed by atoms with van der Waals surface area (Å²) >= 11 is 0. The van der Waals surface area contributed by atoms with Crippen molar-refractivity contribution < 1.29 is 0 Å². The van der Waals surface area contributed by atoms with E-state index in [1.54, 1.807) is 0 Å². The van der Waals surface area contributed by atoms with Crippen LogP contribution in [0.4, 0.5) is 5.69 Å². The summed E-state index contributed by atoms with van der Waals surface area (Å²) in [5.74, 6) is 7.47. The van der Waals surface area contributed by atoms with Gasteiger partial charge in [-0.2, -0.15) is 0 Å². The van der Waals surface area contributed by atoms with E-state index in [0.29, 0.717) is 33.2 Å². The van der Waals surface area contributed by atoms with E-state index in [2.05, 4.69) is 139 Å². The Bertz CT molecular complexity index is 1060. The molecule has 1 aromatic rings. The first-order valence-electron chi connectivity index (χ1n) is 14.3. The fraction of sp³-hybridized carbons (Fsp3) is 0.667. The minimum atomic E-state index is -1.82. The van der Waals surface area contributed by atoms with E-state index in [1.807, 2.05) is 0 Å². The molecule has 198 valence electrons. The van der Waals surface area contributed by atoms with Gasteiger partial charge in [0.1, 0.15) is 16.1 Å². The second-order valence-electron chi connectivity index (χ2n) is 13.5. The highest BCUT2D eigenvalue weighted by atomic mass is 28.3. The molecular weight excluding hydrogens is 467 g/mol. The Labute approximate surface area is 226 Å². The van der Waals surface area contributed by atoms with E-state index >= 15 is 0 Å². The van der Waals surface area contributed by atoms with E-state index in [1.165, 1.54) is 5.56 Å². The van der Waals surface area contributed by atoms with Crippen LogP contribution in [-0.2, 0) is 5.41 Å². The summed E-state index contributed by atoms with van der Waals surface area (Å²) in [7, 11) is -3.64. The largest absolute Gasteiger partial charge is 0.256 e. The molecule has 1 nitrogen and oxygen atoms in total. The van der Waals surface area contributed by atoms with Crippen LogP contribution in [0.1, 0.15) is 121 Å². The molecule has 1 aliphatic heterocycles. The normalized spacial score (nSPS) is 15.4. The third-order valence-corrected chi connectivity index (χ3v) is 22.1. The SMILES string of the molecule is CC1=Nc2c(C#C[Si](C(C)C)(C(C)C)C(C)C)ccc(C#C[Si](C(C)C)(C(C)C)C(C)C)c2C1(C)C. The number of nitrogens with zero attached hydrogens (tertiary/aromatic N) is 1. The van der Waals surface area contributed by atoms with Gasteiger partial charge in [0.05, 0.1) is 5.69 Å². The van der Waals surface area contributed by atoms with Gasteiger partial charge in [-0.1, -0.05) is 109 Å². The molecule has 0 atom stereocenters. The fourth-order valence-corrected chi connectivity index (χ4v) is 17.7. The highest BCUT2D eigenvalue weighted by Gasteiger charge is 2.43. The monoisotopic (exact) mass is 519 g/mol. The lowest BCUT2D eigenvalue weighted by atomic mass is 9.79. The average Bonchev–Trinajstić information content (AvgIpc) is 2.97. The fourth-order valence-electron chi connectivity index (χ4n) is 7.25. The molecule has 0 fully saturated rings. The van der Waals surface area contributed by atoms with Crippen LogP contribution in [0.25, 0.3) is 0 Å². The molecule has 0 N–H and O–H groups in total. The maximum atomic E-state index is 5.12. The molecule has 0 unspecified atom stereocenters. The lowest BCUT2D eigenvalue weighted by molar-refractivity contribution is 0.731. The Kier molecular flexibility index (Phi) is 9.41. The highest BCUT2D eigenvalue weighted by Crippen LogP contribution is 2.46. The van der Waals surface area contributed by atoms with E-state index in [4.69, 9.17) is 4.99 Å². The maximum Gasteiger partial charge on any atom is 0.146 e. The zero-order valence-corrected chi connectivity index (χ0v) is 28.1. The van der Waals surface area contributed by atoms with Gasteiger partial charge in [-0.05, 0) is 52.3 Å². The van der Waals surface area contributed by atoms with Crippen LogP contribution in [0, 0.1) is 22.9 Å². The van der Waals surface area contributed by atoms with Gasteiger partial charge in [0.25, 0.3) is 0 Å². The Morgan fingerprint density at radius 1 is 0.611 bits per heavy atom. The first-order valence-corrected chi connectivity index (χ1v) is 18.7. The summed E-state index contributed by atoms with van der Waals surface area (Å²) < 4.78 is 0. The van der Waals surface area contributed by atoms with Crippen LogP contribution < -0.4 is 0 Å². The third kappa shape index (κ3) is 5.08. The molecule has 0 aromatic heterocycles. The molecule has 1 heterocycles. The van der Waals surface area contributed by atoms with Crippen LogP contribution in [-0.4, -0.2) is 21.9 Å². The number of hydrogen-bond donors (Lipinski definition) is 0. The van der Waals surface area contributed by atoms with E-state index < -0.39 is 16.1 Å². The molecular formula is C33H53NSi2. The van der Waals surface area contributed by atoms with E-state index in [-0.39, 0.29) is 5.41 Å². The van der Waals surface area contributed by atoms with Gasteiger partial charge in [0, 0.05) is 27.8 Å². The molecule has 0 bridgehead atoms. The Balaban J connectivity index is 2.81. The molecule has 0 aliphatic carbocycles. The third-order valence-electron chi connectivity index (χ3n) is 9.55. The molecule has 0 spiro atoms. The standard InChI is InChI=1S/C33H53NSi2/c1-22(2)35(23(3)4,24(5)6)20-18-29-16-17-30(32-31(29)33(14,15)28(13)34-32)19-21-36(25(7)8,26(9)10)27(11)12/h16-17,22-27H,1-15H3. The van der Waals surface area contributed by atoms with Crippen molar-refractivity contribution in [2.45, 2.75) is 143 Å². The summed E-state index contributed by atoms with van der Waals surface area (Å²) in [6.07, 6.45) is 0. The van der Waals surface area contributed by atoms with Crippen molar-refractivity contribution >= 4 is 27.5 Å². The first kappa shape index (κ1) is 30.7. The van der Waals surface area contributed by atoms with E-state index in [0.717, 1.165) is 22.5 Å². The van der Waals surface area contributed by atoms with Crippen LogP contribution in [0.2, 0.25) is 33.2 Å². The summed E-state index contributed by atoms with van der Waals surface area (Å²) in [6, 6.07) is 4.45. The second-order valence-corrected chi connectivity index (χ2v) is 24.7. The van der Waals surface area contributed by atoms with Crippen molar-refractivity contribution in [1.82, 2.24) is 0 Å². The van der Waals surface area contributed by atoms with Crippen LogP contribution in [0.15, 0.2) is 17.1 Å². The highest BCUT2D eigenvalue weighted by molar-refractivity contribution is 6.91. The quantitative estimate of drug-likeness (QED) is 0.262. The van der Waals surface area contributed by atoms with Crippen molar-refractivity contribution in [3.8, 4) is 22.9 Å². The minimum absolute atomic E-state index is 0.128. The van der Waals surface area contributed by atoms with Crippen molar-refractivity contribution in [3.63, 3.8) is 0 Å². The topological polar surface area (TPSA) is 12.4 Å². The number of rotatable bonds is 6. The lowest BCUT2D eigenvalue weighted by Crippen LogP contribution is -2.43. The van der Waals surface area contributed by atoms with Crippen molar-refractivity contribution in [2.24, 2.45) is 4.99 Å². The zero-order chi connectivity index (χ0) is 27.8. The second kappa shape index (κ2) is 11.0. The molecule has 0 saturated heterocycles. The molecule has 2 rings (SSSR count). The molecule has 0 saturated carbocycles. The number of fused-ring (bicyclic) bond motifs is 1. The van der Waals surface area contributed by atoms with Gasteiger partial charge in [-0.25, -0.2) is 0 Å². The zero-order valence-electron chi connectivity index (χ0n) is 26.1. The van der Waals surface area contributed by atoms with Gasteiger partial charge < -0.3 is 0 Å². The first-order chi connectivity index (χ1) is 16.5. The van der Waals surface area contributed by atoms with Crippen LogP contribution in [0.5, 0.6) is 0 Å². The van der Waals surface area contributed by atoms with Crippen molar-refractivity contribution in [1.29, 1.82) is 0 Å². The average molecular weight is 520 g/mol. The number of benzene rings is 1. The molecule has 1 aliphatic rings. The smallest absolute Gasteiger partial charge is 0.146 e. The summed E-state index contributed by atoms with van der Waals surface area (Å²) in [6.45, 7) is 35.3. The molecule has 0 amide bonds. The lowest BCUT2D eigenvalue weighted by Gasteiger charge is -2.38. The molecule has 3 heteroatoms. The summed E-state index contributed by atoms with van der Waals surface area (Å²) in [5.41, 5.74) is 17.2. The maximum absolute atomic E-state index is 5.12. The molecule has 1 aromatic carbocycles. The van der Waals surface area contributed by atoms with E-state index in [9.17, 15) is 0 Å². The number of hydrogen-bond acceptors (Lipinski definition) is 1. The Morgan fingerprint density at radius 3 is 1.31 bits per heavy atom. The van der Waals surface area contributed by atoms with Gasteiger partial charge in [-0.15, -0.1) is 11.1 Å². The minimum Gasteiger partial charge on any atom is -0.256 e. The van der Waals surface area contributed by atoms with Gasteiger partial charge >= 0.3 is 0 Å². The number of aliphatic imine (C=N–C) groups is 1. The van der Waals surface area contributed by atoms with Gasteiger partial charge in [0.15, 0.2) is 0 Å². The van der Waals surface area contributed by atoms with Crippen LogP contribution in [0.3, 0.4) is 0 Å². The Hall–Kier alpha value is -1.56. The molecule has 0 radical (unpaired) electrons. The predicted octanol–water partition coefficient (Wildman–Crippen LogP) is 10.2. The Morgan fingerprint density at radius 2 is 0.944 bits per heavy atom. The van der Waals surface area contributed by atoms with Crippen molar-refractivity contribution in [3.05, 3.63) is 28.8 Å². The van der Waals surface area contributed by atoms with Gasteiger partial charge in [0.2, 0.25) is 0 Å². The summed E-state index contributed by atoms with van der Waals surface area (Å²) in [5, 5.41) is 0.